The molecule has 11 aromatic rings. The van der Waals surface area contributed by atoms with Gasteiger partial charge in [-0.25, -0.2) is 0 Å². The van der Waals surface area contributed by atoms with Crippen LogP contribution >= 0.6 is 0 Å². The summed E-state index contributed by atoms with van der Waals surface area (Å²) in [6, 6.07) is 40.3. The number of nitriles is 2. The molecule has 2 aromatic heterocycles. The van der Waals surface area contributed by atoms with Crippen molar-refractivity contribution in [2.45, 2.75) is 30.9 Å². The van der Waals surface area contributed by atoms with Crippen LogP contribution < -0.4 is 0 Å². The van der Waals surface area contributed by atoms with Crippen molar-refractivity contribution in [3.63, 3.8) is 0 Å². The first-order chi connectivity index (χ1) is 37.7. The molecule has 0 saturated carbocycles. The summed E-state index contributed by atoms with van der Waals surface area (Å²) in [7, 11) is 0. The summed E-state index contributed by atoms with van der Waals surface area (Å²) in [6.07, 6.45) is -25.4. The second-order valence-corrected chi connectivity index (χ2v) is 18.6. The van der Waals surface area contributed by atoms with Crippen molar-refractivity contribution < 1.29 is 65.9 Å². The summed E-state index contributed by atoms with van der Waals surface area (Å²) in [5, 5.41) is 22.5. The summed E-state index contributed by atoms with van der Waals surface area (Å²) in [4.78, 5) is 0. The van der Waals surface area contributed by atoms with Gasteiger partial charge < -0.3 is 9.13 Å². The monoisotopic (exact) mass is 1100 g/mol. The zero-order valence-corrected chi connectivity index (χ0v) is 40.2. The molecule has 0 radical (unpaired) electrons. The maximum Gasteiger partial charge on any atom is 0.417 e. The Morgan fingerprint density at radius 3 is 1.25 bits per heavy atom. The molecule has 398 valence electrons. The molecule has 0 fully saturated rings. The number of nitrogens with zero attached hydrogens (tertiary/aromatic N) is 4. The third-order valence-electron chi connectivity index (χ3n) is 13.9. The first kappa shape index (κ1) is 52.6. The van der Waals surface area contributed by atoms with E-state index in [2.05, 4.69) is 6.07 Å². The highest BCUT2D eigenvalue weighted by atomic mass is 19.4. The smallest absolute Gasteiger partial charge is 0.309 e. The summed E-state index contributed by atoms with van der Waals surface area (Å²) in [6.45, 7) is 0. The fraction of sp³-hybridized carbons (Fsp3) is 0.0820. The number of para-hydroxylation sites is 2. The molecule has 0 atom stereocenters. The Morgan fingerprint density at radius 2 is 0.762 bits per heavy atom. The minimum absolute atomic E-state index is 0.0168. The first-order valence-corrected chi connectivity index (χ1v) is 23.7. The third-order valence-corrected chi connectivity index (χ3v) is 13.9. The van der Waals surface area contributed by atoms with Crippen molar-refractivity contribution in [1.29, 1.82) is 10.5 Å². The topological polar surface area (TPSA) is 57.4 Å². The van der Waals surface area contributed by atoms with Gasteiger partial charge in [0.1, 0.15) is 0 Å². The van der Waals surface area contributed by atoms with Crippen molar-refractivity contribution in [3.05, 3.63) is 215 Å². The Kier molecular flexibility index (Phi) is 12.2. The van der Waals surface area contributed by atoms with Gasteiger partial charge in [0.15, 0.2) is 0 Å². The molecule has 0 aliphatic rings. The van der Waals surface area contributed by atoms with Crippen LogP contribution in [0.5, 0.6) is 0 Å². The number of halogens is 15. The van der Waals surface area contributed by atoms with Gasteiger partial charge in [-0.15, -0.1) is 0 Å². The van der Waals surface area contributed by atoms with Gasteiger partial charge in [0.05, 0.1) is 78.8 Å². The minimum atomic E-state index is -5.21. The second kappa shape index (κ2) is 18.6. The van der Waals surface area contributed by atoms with Crippen LogP contribution in [0.25, 0.3) is 99.5 Å². The van der Waals surface area contributed by atoms with E-state index < -0.39 is 75.4 Å². The largest absolute Gasteiger partial charge is 0.417 e. The van der Waals surface area contributed by atoms with Crippen LogP contribution in [0.4, 0.5) is 65.9 Å². The van der Waals surface area contributed by atoms with Crippen molar-refractivity contribution >= 4 is 43.6 Å². The van der Waals surface area contributed by atoms with Gasteiger partial charge in [-0.2, -0.15) is 76.4 Å². The van der Waals surface area contributed by atoms with E-state index in [1.54, 1.807) is 75.9 Å². The van der Waals surface area contributed by atoms with Crippen molar-refractivity contribution in [3.8, 4) is 68.0 Å². The van der Waals surface area contributed by atoms with E-state index >= 15 is 0 Å². The number of alkyl halides is 15. The van der Waals surface area contributed by atoms with Crippen LogP contribution in [0.3, 0.4) is 0 Å². The molecule has 0 unspecified atom stereocenters. The average molecular weight is 1100 g/mol. The van der Waals surface area contributed by atoms with Crippen molar-refractivity contribution in [2.75, 3.05) is 0 Å². The standard InChI is InChI=1S/C61H29F15N4/c62-57(63,64)36-12-16-40(35(24-36)31-78)43-19-15-39(79-52-7-3-1-5-44(52)48-25-33(10-21-54(48)79)41-17-13-37(58(65,66)67)27-50(41)60(71,72)73)29-46(43)47-23-32(30-77)9-20-55(47)80-53-8-4-2-6-45(53)49-26-34(11-22-56(49)80)42-18-14-38(59(68,69)70)28-51(42)61(74,75)76/h1-29H. The van der Waals surface area contributed by atoms with Crippen LogP contribution in [0.15, 0.2) is 176 Å². The van der Waals surface area contributed by atoms with E-state index in [0.717, 1.165) is 24.3 Å². The molecule has 0 amide bonds. The molecule has 0 aliphatic heterocycles. The lowest BCUT2D eigenvalue weighted by Gasteiger charge is -2.20. The predicted octanol–water partition coefficient (Wildman–Crippen LogP) is 19.4. The van der Waals surface area contributed by atoms with Crippen LogP contribution in [0.2, 0.25) is 0 Å². The molecule has 0 saturated heterocycles. The second-order valence-electron chi connectivity index (χ2n) is 18.6. The van der Waals surface area contributed by atoms with Gasteiger partial charge in [0.2, 0.25) is 0 Å². The lowest BCUT2D eigenvalue weighted by Crippen LogP contribution is -2.12. The van der Waals surface area contributed by atoms with Gasteiger partial charge in [-0.05, 0) is 137 Å². The van der Waals surface area contributed by atoms with Crippen molar-refractivity contribution in [2.24, 2.45) is 0 Å². The van der Waals surface area contributed by atoms with Gasteiger partial charge in [-0.3, -0.25) is 0 Å². The highest BCUT2D eigenvalue weighted by Gasteiger charge is 2.40. The quantitative estimate of drug-likeness (QED) is 0.156. The maximum atomic E-state index is 14.6. The number of hydrogen-bond donors (Lipinski definition) is 0. The zero-order valence-electron chi connectivity index (χ0n) is 40.2. The number of hydrogen-bond acceptors (Lipinski definition) is 2. The third kappa shape index (κ3) is 9.07. The number of rotatable bonds is 6. The molecule has 0 bridgehead atoms. The van der Waals surface area contributed by atoms with Crippen LogP contribution in [-0.4, -0.2) is 9.13 Å². The molecule has 9 aromatic carbocycles. The Bertz CT molecular complexity index is 4440. The van der Waals surface area contributed by atoms with Crippen molar-refractivity contribution in [1.82, 2.24) is 9.13 Å². The summed E-state index contributed by atoms with van der Waals surface area (Å²) >= 11 is 0. The number of fused-ring (bicyclic) bond motifs is 6. The zero-order chi connectivity index (χ0) is 57.0. The highest BCUT2D eigenvalue weighted by Crippen LogP contribution is 2.48. The molecule has 11 rings (SSSR count). The molecule has 19 heteroatoms. The average Bonchev–Trinajstić information content (AvgIpc) is 4.03. The van der Waals surface area contributed by atoms with Crippen LogP contribution in [0, 0.1) is 22.7 Å². The molecule has 0 N–H and O–H groups in total. The Labute approximate surface area is 441 Å². The van der Waals surface area contributed by atoms with E-state index in [4.69, 9.17) is 0 Å². The fourth-order valence-corrected chi connectivity index (χ4v) is 10.4. The highest BCUT2D eigenvalue weighted by molar-refractivity contribution is 6.12. The lowest BCUT2D eigenvalue weighted by atomic mass is 9.89. The Morgan fingerprint density at radius 1 is 0.312 bits per heavy atom. The van der Waals surface area contributed by atoms with Crippen LogP contribution in [-0.2, 0) is 30.9 Å². The van der Waals surface area contributed by atoms with Gasteiger partial charge >= 0.3 is 30.9 Å². The van der Waals surface area contributed by atoms with E-state index in [9.17, 15) is 76.4 Å². The molecule has 0 spiro atoms. The molecule has 80 heavy (non-hydrogen) atoms. The summed E-state index contributed by atoms with van der Waals surface area (Å²) in [5.74, 6) is 0. The predicted molar refractivity (Wildman–Crippen MR) is 271 cm³/mol. The van der Waals surface area contributed by atoms with E-state index in [-0.39, 0.29) is 51.1 Å². The van der Waals surface area contributed by atoms with Gasteiger partial charge in [0, 0.05) is 38.4 Å². The first-order valence-electron chi connectivity index (χ1n) is 23.7. The van der Waals surface area contributed by atoms with E-state index in [1.165, 1.54) is 54.6 Å². The SMILES string of the molecule is N#Cc1ccc(-n2c3ccccc3c3cc(-c4ccc(C(F)(F)F)cc4C(F)(F)F)ccc32)c(-c2cc(-n3c4ccccc4c4cc(-c5ccc(C(F)(F)F)cc5C(F)(F)F)ccc43)ccc2-c2ccc(C(F)(F)F)cc2C#N)c1. The lowest BCUT2D eigenvalue weighted by molar-refractivity contribution is -0.144. The van der Waals surface area contributed by atoms with Gasteiger partial charge in [0.25, 0.3) is 0 Å². The number of benzene rings is 9. The normalized spacial score (nSPS) is 12.7. The van der Waals surface area contributed by atoms with Crippen LogP contribution in [0.1, 0.15) is 38.9 Å². The van der Waals surface area contributed by atoms with E-state index in [0.29, 0.717) is 73.2 Å². The maximum absolute atomic E-state index is 14.6. The minimum Gasteiger partial charge on any atom is -0.309 e. The molecular formula is C61H29F15N4. The Balaban J connectivity index is 1.17. The summed E-state index contributed by atoms with van der Waals surface area (Å²) in [5.41, 5.74) is -5.85. The Hall–Kier alpha value is -9.49. The summed E-state index contributed by atoms with van der Waals surface area (Å²) < 4.78 is 215. The molecule has 2 heterocycles. The van der Waals surface area contributed by atoms with Gasteiger partial charge in [-0.1, -0.05) is 72.8 Å². The fourth-order valence-electron chi connectivity index (χ4n) is 10.4. The van der Waals surface area contributed by atoms with E-state index in [1.807, 2.05) is 6.07 Å². The molecule has 4 nitrogen and oxygen atoms in total. The molecule has 0 aliphatic carbocycles. The number of aromatic nitrogens is 2. The molecular weight excluding hydrogens is 1070 g/mol.